The lowest BCUT2D eigenvalue weighted by atomic mass is 10.0. The van der Waals surface area contributed by atoms with Gasteiger partial charge in [-0.05, 0) is 17.5 Å². The normalized spacial score (nSPS) is 15.1. The summed E-state index contributed by atoms with van der Waals surface area (Å²) in [7, 11) is 0. The number of Topliss-reactive ketones (excluding diaryl/α,β-unsaturated/α-hetero) is 1. The van der Waals surface area contributed by atoms with E-state index in [9.17, 15) is 4.79 Å². The molecule has 0 aliphatic heterocycles. The average molecular weight is 188 g/mol. The molecular weight excluding hydrogens is 176 g/mol. The zero-order chi connectivity index (χ0) is 9.97. The van der Waals surface area contributed by atoms with E-state index in [0.717, 1.165) is 23.1 Å². The Morgan fingerprint density at radius 2 is 2.21 bits per heavy atom. The maximum Gasteiger partial charge on any atom is 0.163 e. The number of carbonyl (C=O) groups excluding carboxylic acids is 1. The van der Waals surface area contributed by atoms with Crippen molar-refractivity contribution in [1.82, 2.24) is 0 Å². The molecule has 0 unspecified atom stereocenters. The Morgan fingerprint density at radius 1 is 1.36 bits per heavy atom. The molecule has 0 amide bonds. The van der Waals surface area contributed by atoms with Gasteiger partial charge in [-0.25, -0.2) is 0 Å². The van der Waals surface area contributed by atoms with Crippen LogP contribution in [0.1, 0.15) is 27.9 Å². The van der Waals surface area contributed by atoms with E-state index in [1.54, 1.807) is 6.08 Å². The number of rotatable bonds is 2. The van der Waals surface area contributed by atoms with Crippen molar-refractivity contribution < 1.29 is 9.90 Å². The van der Waals surface area contributed by atoms with Gasteiger partial charge in [-0.2, -0.15) is 0 Å². The van der Waals surface area contributed by atoms with Crippen molar-refractivity contribution in [3.63, 3.8) is 0 Å². The predicted octanol–water partition coefficient (Wildman–Crippen LogP) is 1.82. The second-order valence-corrected chi connectivity index (χ2v) is 3.38. The van der Waals surface area contributed by atoms with Gasteiger partial charge in [0, 0.05) is 12.0 Å². The third kappa shape index (κ3) is 1.49. The van der Waals surface area contributed by atoms with Crippen molar-refractivity contribution in [3.05, 3.63) is 41.0 Å². The van der Waals surface area contributed by atoms with Crippen LogP contribution in [-0.2, 0) is 6.42 Å². The fourth-order valence-electron chi connectivity index (χ4n) is 1.85. The van der Waals surface area contributed by atoms with Crippen molar-refractivity contribution in [3.8, 4) is 0 Å². The lowest BCUT2D eigenvalue weighted by Crippen LogP contribution is -1.91. The Bertz CT molecular complexity index is 391. The molecule has 0 heterocycles. The summed E-state index contributed by atoms with van der Waals surface area (Å²) in [5.41, 5.74) is 3.04. The molecule has 1 aliphatic carbocycles. The van der Waals surface area contributed by atoms with Gasteiger partial charge >= 0.3 is 0 Å². The van der Waals surface area contributed by atoms with Crippen molar-refractivity contribution in [2.24, 2.45) is 0 Å². The van der Waals surface area contributed by atoms with Crippen molar-refractivity contribution in [1.29, 1.82) is 0 Å². The van der Waals surface area contributed by atoms with Crippen LogP contribution < -0.4 is 0 Å². The summed E-state index contributed by atoms with van der Waals surface area (Å²) < 4.78 is 0. The Morgan fingerprint density at radius 3 is 3.00 bits per heavy atom. The number of fused-ring (bicyclic) bond motifs is 1. The van der Waals surface area contributed by atoms with Crippen LogP contribution >= 0.6 is 0 Å². The summed E-state index contributed by atoms with van der Waals surface area (Å²) >= 11 is 0. The van der Waals surface area contributed by atoms with Crippen molar-refractivity contribution in [2.75, 3.05) is 6.61 Å². The average Bonchev–Trinajstić information content (AvgIpc) is 2.58. The molecule has 1 aliphatic rings. The molecule has 0 fully saturated rings. The van der Waals surface area contributed by atoms with Gasteiger partial charge in [0.05, 0.1) is 6.61 Å². The molecule has 1 aromatic rings. The van der Waals surface area contributed by atoms with Crippen LogP contribution in [-0.4, -0.2) is 17.5 Å². The predicted molar refractivity (Wildman–Crippen MR) is 55.2 cm³/mol. The molecule has 0 spiro atoms. The molecule has 0 saturated heterocycles. The van der Waals surface area contributed by atoms with Crippen LogP contribution in [0.3, 0.4) is 0 Å². The molecule has 0 radical (unpaired) electrons. The number of hydrogen-bond acceptors (Lipinski definition) is 2. The third-order valence-electron chi connectivity index (χ3n) is 2.52. The highest BCUT2D eigenvalue weighted by Gasteiger charge is 2.20. The summed E-state index contributed by atoms with van der Waals surface area (Å²) in [5, 5.41) is 8.67. The number of benzene rings is 1. The fourth-order valence-corrected chi connectivity index (χ4v) is 1.85. The maximum atomic E-state index is 11.4. The Labute approximate surface area is 82.9 Å². The minimum absolute atomic E-state index is 0.0393. The molecule has 2 heteroatoms. The molecule has 1 N–H and O–H groups in total. The van der Waals surface area contributed by atoms with E-state index in [2.05, 4.69) is 0 Å². The Balaban J connectivity index is 2.44. The van der Waals surface area contributed by atoms with E-state index in [4.69, 9.17) is 5.11 Å². The van der Waals surface area contributed by atoms with Gasteiger partial charge in [0.1, 0.15) is 0 Å². The largest absolute Gasteiger partial charge is 0.392 e. The first-order valence-electron chi connectivity index (χ1n) is 4.75. The number of carbonyl (C=O) groups is 1. The Hall–Kier alpha value is -1.41. The summed E-state index contributed by atoms with van der Waals surface area (Å²) in [6.45, 7) is 0.0393. The zero-order valence-corrected chi connectivity index (χ0v) is 7.86. The van der Waals surface area contributed by atoms with Crippen LogP contribution in [0.5, 0.6) is 0 Å². The monoisotopic (exact) mass is 188 g/mol. The molecule has 2 nitrogen and oxygen atoms in total. The smallest absolute Gasteiger partial charge is 0.163 e. The molecule has 2 rings (SSSR count). The van der Waals surface area contributed by atoms with E-state index in [1.165, 1.54) is 0 Å². The first-order valence-corrected chi connectivity index (χ1v) is 4.75. The molecule has 0 aromatic heterocycles. The van der Waals surface area contributed by atoms with Gasteiger partial charge in [-0.3, -0.25) is 4.79 Å². The third-order valence-corrected chi connectivity index (χ3v) is 2.52. The molecule has 1 aromatic carbocycles. The van der Waals surface area contributed by atoms with E-state index in [0.29, 0.717) is 6.42 Å². The van der Waals surface area contributed by atoms with Crippen LogP contribution in [0.15, 0.2) is 24.3 Å². The SMILES string of the molecule is O=C1CCc2c(C=CCO)cccc21. The fraction of sp³-hybridized carbons (Fsp3) is 0.250. The minimum atomic E-state index is 0.0393. The number of aliphatic hydroxyl groups excluding tert-OH is 1. The molecule has 0 saturated carbocycles. The van der Waals surface area contributed by atoms with Crippen molar-refractivity contribution in [2.45, 2.75) is 12.8 Å². The highest BCUT2D eigenvalue weighted by molar-refractivity contribution is 6.01. The van der Waals surface area contributed by atoms with Crippen LogP contribution in [0.2, 0.25) is 0 Å². The summed E-state index contributed by atoms with van der Waals surface area (Å²) in [6.07, 6.45) is 5.02. The van der Waals surface area contributed by atoms with Crippen LogP contribution in [0.4, 0.5) is 0 Å². The van der Waals surface area contributed by atoms with Gasteiger partial charge in [-0.1, -0.05) is 30.4 Å². The summed E-state index contributed by atoms with van der Waals surface area (Å²) in [4.78, 5) is 11.4. The zero-order valence-electron chi connectivity index (χ0n) is 7.86. The minimum Gasteiger partial charge on any atom is -0.392 e. The van der Waals surface area contributed by atoms with Gasteiger partial charge in [-0.15, -0.1) is 0 Å². The van der Waals surface area contributed by atoms with Crippen molar-refractivity contribution >= 4 is 11.9 Å². The molecule has 0 atom stereocenters. The molecule has 0 bridgehead atoms. The summed E-state index contributed by atoms with van der Waals surface area (Å²) in [6, 6.07) is 5.74. The lowest BCUT2D eigenvalue weighted by Gasteiger charge is -2.01. The number of hydrogen-bond donors (Lipinski definition) is 1. The number of ketones is 1. The molecule has 72 valence electrons. The molecular formula is C12H12O2. The van der Waals surface area contributed by atoms with Crippen LogP contribution in [0.25, 0.3) is 6.08 Å². The maximum absolute atomic E-state index is 11.4. The highest BCUT2D eigenvalue weighted by Crippen LogP contribution is 2.25. The first kappa shape index (κ1) is 9.16. The quantitative estimate of drug-likeness (QED) is 0.768. The van der Waals surface area contributed by atoms with Gasteiger partial charge in [0.15, 0.2) is 5.78 Å². The number of aliphatic hydroxyl groups is 1. The first-order chi connectivity index (χ1) is 6.83. The summed E-state index contributed by atoms with van der Waals surface area (Å²) in [5.74, 6) is 0.235. The standard InChI is InChI=1S/C12H12O2/c13-8-2-4-9-3-1-5-11-10(9)6-7-12(11)14/h1-5,13H,6-8H2. The second-order valence-electron chi connectivity index (χ2n) is 3.38. The van der Waals surface area contributed by atoms with Gasteiger partial charge < -0.3 is 5.11 Å². The lowest BCUT2D eigenvalue weighted by molar-refractivity contribution is 0.0994. The molecule has 14 heavy (non-hydrogen) atoms. The topological polar surface area (TPSA) is 37.3 Å². The van der Waals surface area contributed by atoms with E-state index in [1.807, 2.05) is 24.3 Å². The van der Waals surface area contributed by atoms with E-state index in [-0.39, 0.29) is 12.4 Å². The Kier molecular flexibility index (Phi) is 2.46. The van der Waals surface area contributed by atoms with Gasteiger partial charge in [0.25, 0.3) is 0 Å². The van der Waals surface area contributed by atoms with E-state index >= 15 is 0 Å². The van der Waals surface area contributed by atoms with Crippen LogP contribution in [0, 0.1) is 0 Å². The van der Waals surface area contributed by atoms with Gasteiger partial charge in [0.2, 0.25) is 0 Å². The highest BCUT2D eigenvalue weighted by atomic mass is 16.2. The second kappa shape index (κ2) is 3.76. The van der Waals surface area contributed by atoms with E-state index < -0.39 is 0 Å².